The van der Waals surface area contributed by atoms with Crippen LogP contribution in [0.3, 0.4) is 0 Å². The molecule has 0 radical (unpaired) electrons. The molecule has 6 nitrogen and oxygen atoms in total. The van der Waals surface area contributed by atoms with Crippen LogP contribution >= 0.6 is 0 Å². The van der Waals surface area contributed by atoms with Crippen molar-refractivity contribution in [3.05, 3.63) is 51.6 Å². The molecule has 0 unspecified atom stereocenters. The highest BCUT2D eigenvalue weighted by Gasteiger charge is 2.11. The van der Waals surface area contributed by atoms with Crippen molar-refractivity contribution in [2.45, 2.75) is 13.0 Å². The lowest BCUT2D eigenvalue weighted by molar-refractivity contribution is 0.176. The SMILES string of the molecule is COCc1nc(O)c(Cc2ccc(OC)cc2)c(=O)[nH]1. The molecule has 0 spiro atoms. The van der Waals surface area contributed by atoms with Gasteiger partial charge in [-0.3, -0.25) is 4.79 Å². The number of aromatic hydroxyl groups is 1. The number of aromatic nitrogens is 2. The molecular weight excluding hydrogens is 260 g/mol. The third kappa shape index (κ3) is 3.16. The molecule has 0 bridgehead atoms. The number of nitrogens with zero attached hydrogens (tertiary/aromatic N) is 1. The van der Waals surface area contributed by atoms with E-state index in [-0.39, 0.29) is 23.6 Å². The fourth-order valence-corrected chi connectivity index (χ4v) is 1.84. The highest BCUT2D eigenvalue weighted by Crippen LogP contribution is 2.17. The lowest BCUT2D eigenvalue weighted by Crippen LogP contribution is -2.17. The Morgan fingerprint density at radius 2 is 1.95 bits per heavy atom. The molecule has 0 aliphatic heterocycles. The monoisotopic (exact) mass is 276 g/mol. The molecule has 1 aromatic heterocycles. The molecule has 0 amide bonds. The van der Waals surface area contributed by atoms with Crippen LogP contribution < -0.4 is 10.3 Å². The molecule has 6 heteroatoms. The summed E-state index contributed by atoms with van der Waals surface area (Å²) in [6.45, 7) is 0.144. The Morgan fingerprint density at radius 1 is 1.25 bits per heavy atom. The van der Waals surface area contributed by atoms with Gasteiger partial charge in [0.25, 0.3) is 5.56 Å². The first kappa shape index (κ1) is 14.1. The summed E-state index contributed by atoms with van der Waals surface area (Å²) in [5, 5.41) is 9.85. The van der Waals surface area contributed by atoms with Gasteiger partial charge in [0.15, 0.2) is 0 Å². The van der Waals surface area contributed by atoms with Gasteiger partial charge < -0.3 is 19.6 Å². The van der Waals surface area contributed by atoms with E-state index in [0.29, 0.717) is 12.2 Å². The van der Waals surface area contributed by atoms with E-state index in [1.807, 2.05) is 12.1 Å². The quantitative estimate of drug-likeness (QED) is 0.857. The lowest BCUT2D eigenvalue weighted by Gasteiger charge is -2.06. The van der Waals surface area contributed by atoms with Crippen LogP contribution in [-0.4, -0.2) is 29.3 Å². The van der Waals surface area contributed by atoms with Gasteiger partial charge in [0.1, 0.15) is 18.2 Å². The van der Waals surface area contributed by atoms with Crippen LogP contribution in [0.4, 0.5) is 0 Å². The molecule has 0 saturated heterocycles. The number of nitrogens with one attached hydrogen (secondary N) is 1. The van der Waals surface area contributed by atoms with E-state index in [9.17, 15) is 9.90 Å². The Balaban J connectivity index is 2.26. The number of H-pyrrole nitrogens is 1. The van der Waals surface area contributed by atoms with Crippen LogP contribution in [0.1, 0.15) is 17.0 Å². The fourth-order valence-electron chi connectivity index (χ4n) is 1.84. The first-order chi connectivity index (χ1) is 9.63. The summed E-state index contributed by atoms with van der Waals surface area (Å²) in [5.74, 6) is 0.769. The maximum absolute atomic E-state index is 11.9. The predicted octanol–water partition coefficient (Wildman–Crippen LogP) is 1.22. The molecule has 2 aromatic rings. The minimum Gasteiger partial charge on any atom is -0.497 e. The van der Waals surface area contributed by atoms with Gasteiger partial charge in [-0.2, -0.15) is 4.98 Å². The van der Waals surface area contributed by atoms with E-state index >= 15 is 0 Å². The zero-order valence-electron chi connectivity index (χ0n) is 11.3. The van der Waals surface area contributed by atoms with Gasteiger partial charge in [0.05, 0.1) is 12.7 Å². The van der Waals surface area contributed by atoms with Crippen molar-refractivity contribution < 1.29 is 14.6 Å². The maximum Gasteiger partial charge on any atom is 0.258 e. The summed E-state index contributed by atoms with van der Waals surface area (Å²) < 4.78 is 9.93. The minimum atomic E-state index is -0.361. The second kappa shape index (κ2) is 6.21. The highest BCUT2D eigenvalue weighted by molar-refractivity contribution is 5.33. The molecule has 0 saturated carbocycles. The molecule has 106 valence electrons. The topological polar surface area (TPSA) is 84.4 Å². The van der Waals surface area contributed by atoms with Crippen molar-refractivity contribution in [1.82, 2.24) is 9.97 Å². The minimum absolute atomic E-state index is 0.144. The molecule has 2 rings (SSSR count). The number of methoxy groups -OCH3 is 2. The molecule has 0 atom stereocenters. The summed E-state index contributed by atoms with van der Waals surface area (Å²) in [7, 11) is 3.08. The molecule has 1 aromatic carbocycles. The molecule has 1 heterocycles. The Bertz CT molecular complexity index is 635. The third-order valence-corrected chi connectivity index (χ3v) is 2.86. The molecule has 0 fully saturated rings. The van der Waals surface area contributed by atoms with Crippen LogP contribution in [0.2, 0.25) is 0 Å². The number of hydrogen-bond acceptors (Lipinski definition) is 5. The van der Waals surface area contributed by atoms with Gasteiger partial charge in [-0.1, -0.05) is 12.1 Å². The zero-order valence-corrected chi connectivity index (χ0v) is 11.3. The molecule has 0 aliphatic carbocycles. The summed E-state index contributed by atoms with van der Waals surface area (Å²) in [6, 6.07) is 7.27. The van der Waals surface area contributed by atoms with Crippen molar-refractivity contribution >= 4 is 0 Å². The van der Waals surface area contributed by atoms with Crippen molar-refractivity contribution in [1.29, 1.82) is 0 Å². The number of rotatable bonds is 5. The van der Waals surface area contributed by atoms with Crippen LogP contribution in [0.25, 0.3) is 0 Å². The first-order valence-electron chi connectivity index (χ1n) is 6.07. The molecular formula is C14H16N2O4. The lowest BCUT2D eigenvalue weighted by atomic mass is 10.1. The summed E-state index contributed by atoms with van der Waals surface area (Å²) in [6.07, 6.45) is 0.297. The van der Waals surface area contributed by atoms with Crippen molar-refractivity contribution in [3.8, 4) is 11.6 Å². The molecule has 0 aliphatic rings. The van der Waals surface area contributed by atoms with Gasteiger partial charge in [-0.05, 0) is 17.7 Å². The Hall–Kier alpha value is -2.34. The fraction of sp³-hybridized carbons (Fsp3) is 0.286. The van der Waals surface area contributed by atoms with E-state index in [1.54, 1.807) is 19.2 Å². The normalized spacial score (nSPS) is 10.5. The standard InChI is InChI=1S/C14H16N2O4/c1-19-8-12-15-13(17)11(14(18)16-12)7-9-3-5-10(20-2)6-4-9/h3-6H,7-8H2,1-2H3,(H2,15,16,17,18). The number of hydrogen-bond donors (Lipinski definition) is 2. The van der Waals surface area contributed by atoms with Gasteiger partial charge >= 0.3 is 0 Å². The average Bonchev–Trinajstić information content (AvgIpc) is 2.44. The predicted molar refractivity (Wildman–Crippen MR) is 73.0 cm³/mol. The Kier molecular flexibility index (Phi) is 4.37. The van der Waals surface area contributed by atoms with Crippen molar-refractivity contribution in [3.63, 3.8) is 0 Å². The van der Waals surface area contributed by atoms with Gasteiger partial charge in [0, 0.05) is 13.5 Å². The number of benzene rings is 1. The van der Waals surface area contributed by atoms with Crippen LogP contribution in [0.15, 0.2) is 29.1 Å². The second-order valence-electron chi connectivity index (χ2n) is 4.27. The second-order valence-corrected chi connectivity index (χ2v) is 4.27. The summed E-state index contributed by atoms with van der Waals surface area (Å²) in [4.78, 5) is 18.4. The summed E-state index contributed by atoms with van der Waals surface area (Å²) >= 11 is 0. The number of aromatic amines is 1. The number of ether oxygens (including phenoxy) is 2. The van der Waals surface area contributed by atoms with E-state index < -0.39 is 0 Å². The summed E-state index contributed by atoms with van der Waals surface area (Å²) in [5.41, 5.74) is 0.753. The Morgan fingerprint density at radius 3 is 2.50 bits per heavy atom. The largest absolute Gasteiger partial charge is 0.497 e. The van der Waals surface area contributed by atoms with Crippen molar-refractivity contribution in [2.24, 2.45) is 0 Å². The van der Waals surface area contributed by atoms with Crippen LogP contribution in [-0.2, 0) is 17.8 Å². The average molecular weight is 276 g/mol. The van der Waals surface area contributed by atoms with Gasteiger partial charge in [0.2, 0.25) is 5.88 Å². The smallest absolute Gasteiger partial charge is 0.258 e. The first-order valence-corrected chi connectivity index (χ1v) is 6.07. The molecule has 2 N–H and O–H groups in total. The van der Waals surface area contributed by atoms with Crippen LogP contribution in [0, 0.1) is 0 Å². The van der Waals surface area contributed by atoms with Gasteiger partial charge in [-0.25, -0.2) is 0 Å². The van der Waals surface area contributed by atoms with E-state index in [1.165, 1.54) is 7.11 Å². The van der Waals surface area contributed by atoms with E-state index in [2.05, 4.69) is 9.97 Å². The van der Waals surface area contributed by atoms with E-state index in [4.69, 9.17) is 9.47 Å². The molecule has 20 heavy (non-hydrogen) atoms. The van der Waals surface area contributed by atoms with E-state index in [0.717, 1.165) is 11.3 Å². The third-order valence-electron chi connectivity index (χ3n) is 2.86. The highest BCUT2D eigenvalue weighted by atomic mass is 16.5. The van der Waals surface area contributed by atoms with Gasteiger partial charge in [-0.15, -0.1) is 0 Å². The maximum atomic E-state index is 11.9. The van der Waals surface area contributed by atoms with Crippen molar-refractivity contribution in [2.75, 3.05) is 14.2 Å². The Labute approximate surface area is 116 Å². The van der Waals surface area contributed by atoms with Crippen LogP contribution in [0.5, 0.6) is 11.6 Å². The zero-order chi connectivity index (χ0) is 14.5.